The summed E-state index contributed by atoms with van der Waals surface area (Å²) in [4.78, 5) is 15.2. The van der Waals surface area contributed by atoms with E-state index in [1.165, 1.54) is 0 Å². The van der Waals surface area contributed by atoms with Gasteiger partial charge >= 0.3 is 0 Å². The molecule has 1 heterocycles. The van der Waals surface area contributed by atoms with Crippen molar-refractivity contribution in [2.45, 2.75) is 31.6 Å². The van der Waals surface area contributed by atoms with Crippen LogP contribution in [0, 0.1) is 0 Å². The van der Waals surface area contributed by atoms with E-state index >= 15 is 0 Å². The maximum absolute atomic E-state index is 11.0. The van der Waals surface area contributed by atoms with Crippen LogP contribution < -0.4 is 0 Å². The predicted octanol–water partition coefficient (Wildman–Crippen LogP) is 1.04. The Bertz CT molecular complexity index is 308. The molecule has 1 aromatic heterocycles. The summed E-state index contributed by atoms with van der Waals surface area (Å²) in [5.74, 6) is 1.68. The van der Waals surface area contributed by atoms with Crippen LogP contribution in [0.5, 0.6) is 0 Å². The lowest BCUT2D eigenvalue weighted by Crippen LogP contribution is -2.13. The first-order valence-electron chi connectivity index (χ1n) is 4.63. The van der Waals surface area contributed by atoms with Gasteiger partial charge in [0.25, 0.3) is 0 Å². The van der Waals surface area contributed by atoms with E-state index in [0.717, 1.165) is 18.7 Å². The fourth-order valence-corrected chi connectivity index (χ4v) is 1.74. The summed E-state index contributed by atoms with van der Waals surface area (Å²) in [6, 6.07) is 0. The number of carbonyl (C=O) groups excluding carboxylic acids is 1. The highest BCUT2D eigenvalue weighted by molar-refractivity contribution is 5.79. The van der Waals surface area contributed by atoms with Gasteiger partial charge < -0.3 is 0 Å². The third-order valence-corrected chi connectivity index (χ3v) is 2.53. The van der Waals surface area contributed by atoms with Crippen molar-refractivity contribution in [2.75, 3.05) is 0 Å². The van der Waals surface area contributed by atoms with Crippen LogP contribution in [0.1, 0.15) is 37.4 Å². The molecule has 0 unspecified atom stereocenters. The van der Waals surface area contributed by atoms with Crippen molar-refractivity contribution in [2.24, 2.45) is 7.05 Å². The van der Waals surface area contributed by atoms with Gasteiger partial charge in [-0.15, -0.1) is 0 Å². The first-order chi connectivity index (χ1) is 6.25. The van der Waals surface area contributed by atoms with E-state index < -0.39 is 0 Å². The van der Waals surface area contributed by atoms with E-state index in [9.17, 15) is 4.79 Å². The van der Waals surface area contributed by atoms with Crippen molar-refractivity contribution >= 4 is 5.78 Å². The second kappa shape index (κ2) is 3.28. The molecular weight excluding hydrogens is 166 g/mol. The molecule has 0 aliphatic heterocycles. The number of hydrogen-bond donors (Lipinski definition) is 0. The van der Waals surface area contributed by atoms with E-state index in [1.807, 2.05) is 7.05 Å². The molecule has 4 heteroatoms. The van der Waals surface area contributed by atoms with Crippen LogP contribution in [0.4, 0.5) is 0 Å². The molecule has 1 saturated carbocycles. The largest absolute Gasteiger partial charge is 0.300 e. The lowest BCUT2D eigenvalue weighted by molar-refractivity contribution is -0.120. The second-order valence-electron chi connectivity index (χ2n) is 3.59. The van der Waals surface area contributed by atoms with Crippen molar-refractivity contribution in [3.63, 3.8) is 0 Å². The summed E-state index contributed by atoms with van der Waals surface area (Å²) < 4.78 is 1.71. The molecule has 13 heavy (non-hydrogen) atoms. The Labute approximate surface area is 77.0 Å². The summed E-state index contributed by atoms with van der Waals surface area (Å²) in [5.41, 5.74) is 0. The average molecular weight is 179 g/mol. The number of aromatic nitrogens is 3. The zero-order valence-corrected chi connectivity index (χ0v) is 7.73. The number of carbonyl (C=O) groups is 1. The Kier molecular flexibility index (Phi) is 2.12. The standard InChI is InChI=1S/C9H13N3O/c1-12-6-10-9(11-12)7-2-4-8(13)5-3-7/h6-7H,2-5H2,1H3. The molecule has 0 amide bonds. The zero-order chi connectivity index (χ0) is 9.26. The Morgan fingerprint density at radius 3 is 2.69 bits per heavy atom. The molecule has 1 aliphatic carbocycles. The quantitative estimate of drug-likeness (QED) is 0.647. The monoisotopic (exact) mass is 179 g/mol. The lowest BCUT2D eigenvalue weighted by Gasteiger charge is -2.17. The first-order valence-corrected chi connectivity index (χ1v) is 4.63. The summed E-state index contributed by atoms with van der Waals surface area (Å²) in [6.45, 7) is 0. The van der Waals surface area contributed by atoms with Crippen LogP contribution in [0.3, 0.4) is 0 Å². The molecule has 0 spiro atoms. The van der Waals surface area contributed by atoms with E-state index in [2.05, 4.69) is 10.1 Å². The van der Waals surface area contributed by atoms with Gasteiger partial charge in [0.1, 0.15) is 12.1 Å². The molecule has 4 nitrogen and oxygen atoms in total. The number of hydrogen-bond acceptors (Lipinski definition) is 3. The third kappa shape index (κ3) is 1.76. The predicted molar refractivity (Wildman–Crippen MR) is 47.2 cm³/mol. The van der Waals surface area contributed by atoms with Crippen LogP contribution >= 0.6 is 0 Å². The van der Waals surface area contributed by atoms with Gasteiger partial charge in [-0.2, -0.15) is 5.10 Å². The van der Waals surface area contributed by atoms with Crippen LogP contribution in [0.25, 0.3) is 0 Å². The number of Topliss-reactive ketones (excluding diaryl/α,β-unsaturated/α-hetero) is 1. The molecule has 70 valence electrons. The van der Waals surface area contributed by atoms with Gasteiger partial charge in [0.2, 0.25) is 0 Å². The van der Waals surface area contributed by atoms with Crippen molar-refractivity contribution in [3.05, 3.63) is 12.2 Å². The maximum atomic E-state index is 11.0. The SMILES string of the molecule is Cn1cnc(C2CCC(=O)CC2)n1. The van der Waals surface area contributed by atoms with Gasteiger partial charge in [-0.1, -0.05) is 0 Å². The van der Waals surface area contributed by atoms with Crippen LogP contribution in [0.2, 0.25) is 0 Å². The molecule has 0 bridgehead atoms. The van der Waals surface area contributed by atoms with Gasteiger partial charge in [0.15, 0.2) is 5.82 Å². The summed E-state index contributed by atoms with van der Waals surface area (Å²) in [6.07, 6.45) is 4.95. The van der Waals surface area contributed by atoms with E-state index in [4.69, 9.17) is 0 Å². The first kappa shape index (κ1) is 8.41. The molecule has 1 aromatic rings. The summed E-state index contributed by atoms with van der Waals surface area (Å²) >= 11 is 0. The summed E-state index contributed by atoms with van der Waals surface area (Å²) in [7, 11) is 1.87. The molecule has 0 N–H and O–H groups in total. The normalized spacial score (nSPS) is 19.3. The van der Waals surface area contributed by atoms with Gasteiger partial charge in [-0.25, -0.2) is 4.98 Å². The fourth-order valence-electron chi connectivity index (χ4n) is 1.74. The van der Waals surface area contributed by atoms with Crippen molar-refractivity contribution in [1.29, 1.82) is 0 Å². The van der Waals surface area contributed by atoms with Crippen LogP contribution in [0.15, 0.2) is 6.33 Å². The Balaban J connectivity index is 2.06. The minimum Gasteiger partial charge on any atom is -0.300 e. The molecule has 2 rings (SSSR count). The Morgan fingerprint density at radius 1 is 1.46 bits per heavy atom. The number of aryl methyl sites for hydroxylation is 1. The molecule has 0 atom stereocenters. The van der Waals surface area contributed by atoms with Gasteiger partial charge in [-0.3, -0.25) is 9.48 Å². The smallest absolute Gasteiger partial charge is 0.153 e. The van der Waals surface area contributed by atoms with E-state index in [1.54, 1.807) is 11.0 Å². The highest BCUT2D eigenvalue weighted by atomic mass is 16.1. The number of rotatable bonds is 1. The average Bonchev–Trinajstić information content (AvgIpc) is 2.53. The van der Waals surface area contributed by atoms with Crippen molar-refractivity contribution in [3.8, 4) is 0 Å². The number of ketones is 1. The van der Waals surface area contributed by atoms with Crippen LogP contribution in [-0.4, -0.2) is 20.5 Å². The third-order valence-electron chi connectivity index (χ3n) is 2.53. The van der Waals surface area contributed by atoms with Gasteiger partial charge in [0.05, 0.1) is 0 Å². The van der Waals surface area contributed by atoms with Gasteiger partial charge in [0, 0.05) is 25.8 Å². The fraction of sp³-hybridized carbons (Fsp3) is 0.667. The van der Waals surface area contributed by atoms with E-state index in [-0.39, 0.29) is 0 Å². The van der Waals surface area contributed by atoms with E-state index in [0.29, 0.717) is 24.5 Å². The molecular formula is C9H13N3O. The highest BCUT2D eigenvalue weighted by Gasteiger charge is 2.22. The molecule has 0 aromatic carbocycles. The Hall–Kier alpha value is -1.19. The second-order valence-corrected chi connectivity index (χ2v) is 3.59. The minimum atomic E-state index is 0.382. The van der Waals surface area contributed by atoms with Crippen molar-refractivity contribution in [1.82, 2.24) is 14.8 Å². The molecule has 0 radical (unpaired) electrons. The van der Waals surface area contributed by atoms with Gasteiger partial charge in [-0.05, 0) is 12.8 Å². The molecule has 1 aliphatic rings. The zero-order valence-electron chi connectivity index (χ0n) is 7.73. The lowest BCUT2D eigenvalue weighted by atomic mass is 9.88. The topological polar surface area (TPSA) is 47.8 Å². The molecule has 0 saturated heterocycles. The summed E-state index contributed by atoms with van der Waals surface area (Å²) in [5, 5.41) is 4.25. The number of nitrogens with zero attached hydrogens (tertiary/aromatic N) is 3. The highest BCUT2D eigenvalue weighted by Crippen LogP contribution is 2.28. The van der Waals surface area contributed by atoms with Crippen molar-refractivity contribution < 1.29 is 4.79 Å². The molecule has 1 fully saturated rings. The maximum Gasteiger partial charge on any atom is 0.153 e. The minimum absolute atomic E-state index is 0.382. The Morgan fingerprint density at radius 2 is 2.15 bits per heavy atom. The van der Waals surface area contributed by atoms with Crippen LogP contribution in [-0.2, 0) is 11.8 Å².